The summed E-state index contributed by atoms with van der Waals surface area (Å²) >= 11 is 0. The average molecular weight is 339 g/mol. The second-order valence-corrected chi connectivity index (χ2v) is 5.32. The molecule has 0 atom stereocenters. The Kier molecular flexibility index (Phi) is 4.94. The molecule has 0 unspecified atom stereocenters. The number of hydrogen-bond donors (Lipinski definition) is 1. The van der Waals surface area contributed by atoms with Gasteiger partial charge in [-0.3, -0.25) is 9.59 Å². The molecular formula is C18H17N3O4. The Morgan fingerprint density at radius 1 is 1.24 bits per heavy atom. The summed E-state index contributed by atoms with van der Waals surface area (Å²) in [5.74, 6) is 0.911. The van der Waals surface area contributed by atoms with Crippen molar-refractivity contribution >= 4 is 5.91 Å². The van der Waals surface area contributed by atoms with Gasteiger partial charge >= 0.3 is 0 Å². The number of carbonyl (C=O) groups excluding carboxylic acids is 1. The van der Waals surface area contributed by atoms with E-state index in [0.29, 0.717) is 18.2 Å². The Hall–Kier alpha value is -3.35. The molecule has 0 aliphatic heterocycles. The summed E-state index contributed by atoms with van der Waals surface area (Å²) in [5, 5.41) is 2.76. The van der Waals surface area contributed by atoms with Gasteiger partial charge in [-0.05, 0) is 23.8 Å². The van der Waals surface area contributed by atoms with Gasteiger partial charge in [0, 0.05) is 31.1 Å². The SMILES string of the molecule is COc1ccc(CNC(=O)c2ccc(Cn3ccccc3=O)o2)cn1. The maximum absolute atomic E-state index is 12.2. The highest BCUT2D eigenvalue weighted by atomic mass is 16.5. The van der Waals surface area contributed by atoms with Crippen LogP contribution < -0.4 is 15.6 Å². The first kappa shape index (κ1) is 16.5. The minimum absolute atomic E-state index is 0.128. The lowest BCUT2D eigenvalue weighted by molar-refractivity contribution is 0.0921. The van der Waals surface area contributed by atoms with Crippen molar-refractivity contribution in [1.82, 2.24) is 14.9 Å². The molecule has 0 bridgehead atoms. The summed E-state index contributed by atoms with van der Waals surface area (Å²) in [6, 6.07) is 11.7. The van der Waals surface area contributed by atoms with Gasteiger partial charge in [-0.2, -0.15) is 0 Å². The lowest BCUT2D eigenvalue weighted by atomic mass is 10.3. The van der Waals surface area contributed by atoms with Crippen molar-refractivity contribution in [2.75, 3.05) is 7.11 Å². The van der Waals surface area contributed by atoms with Crippen LogP contribution in [0.1, 0.15) is 21.9 Å². The lowest BCUT2D eigenvalue weighted by Crippen LogP contribution is -2.22. The standard InChI is InChI=1S/C18H17N3O4/c1-24-16-8-5-13(10-19-16)11-20-18(23)15-7-6-14(25-15)12-21-9-3-2-4-17(21)22/h2-10H,11-12H2,1H3,(H,20,23). The summed E-state index contributed by atoms with van der Waals surface area (Å²) in [6.45, 7) is 0.597. The molecule has 3 aromatic rings. The van der Waals surface area contributed by atoms with Crippen molar-refractivity contribution in [3.63, 3.8) is 0 Å². The highest BCUT2D eigenvalue weighted by molar-refractivity contribution is 5.91. The first-order valence-electron chi connectivity index (χ1n) is 7.67. The van der Waals surface area contributed by atoms with E-state index in [1.807, 2.05) is 6.07 Å². The molecule has 0 saturated carbocycles. The fourth-order valence-electron chi connectivity index (χ4n) is 2.25. The summed E-state index contributed by atoms with van der Waals surface area (Å²) in [7, 11) is 1.54. The first-order valence-corrected chi connectivity index (χ1v) is 7.67. The number of amides is 1. The zero-order valence-corrected chi connectivity index (χ0v) is 13.6. The van der Waals surface area contributed by atoms with E-state index in [2.05, 4.69) is 10.3 Å². The molecule has 0 radical (unpaired) electrons. The molecule has 7 heteroatoms. The van der Waals surface area contributed by atoms with E-state index in [9.17, 15) is 9.59 Å². The highest BCUT2D eigenvalue weighted by Crippen LogP contribution is 2.10. The summed E-state index contributed by atoms with van der Waals surface area (Å²) in [6.07, 6.45) is 3.30. The molecule has 0 aliphatic rings. The molecule has 7 nitrogen and oxygen atoms in total. The number of carbonyl (C=O) groups is 1. The summed E-state index contributed by atoms with van der Waals surface area (Å²) in [4.78, 5) is 27.9. The van der Waals surface area contributed by atoms with Crippen molar-refractivity contribution in [2.24, 2.45) is 0 Å². The van der Waals surface area contributed by atoms with Gasteiger partial charge in [0.1, 0.15) is 5.76 Å². The van der Waals surface area contributed by atoms with Crippen LogP contribution >= 0.6 is 0 Å². The second-order valence-electron chi connectivity index (χ2n) is 5.32. The third-order valence-electron chi connectivity index (χ3n) is 3.57. The van der Waals surface area contributed by atoms with Gasteiger partial charge in [-0.15, -0.1) is 0 Å². The zero-order valence-electron chi connectivity index (χ0n) is 13.6. The Labute approximate surface area is 143 Å². The topological polar surface area (TPSA) is 86.4 Å². The van der Waals surface area contributed by atoms with Crippen LogP contribution in [0.25, 0.3) is 0 Å². The van der Waals surface area contributed by atoms with E-state index in [0.717, 1.165) is 5.56 Å². The fourth-order valence-corrected chi connectivity index (χ4v) is 2.25. The molecule has 128 valence electrons. The van der Waals surface area contributed by atoms with E-state index in [1.54, 1.807) is 49.8 Å². The molecule has 0 aliphatic carbocycles. The smallest absolute Gasteiger partial charge is 0.287 e. The molecule has 1 amide bonds. The van der Waals surface area contributed by atoms with E-state index in [4.69, 9.17) is 9.15 Å². The van der Waals surface area contributed by atoms with E-state index in [1.165, 1.54) is 10.6 Å². The number of nitrogens with one attached hydrogen (secondary N) is 1. The van der Waals surface area contributed by atoms with Crippen LogP contribution in [0.2, 0.25) is 0 Å². The van der Waals surface area contributed by atoms with Crippen molar-refractivity contribution in [2.45, 2.75) is 13.1 Å². The number of pyridine rings is 2. The molecule has 0 spiro atoms. The number of methoxy groups -OCH3 is 1. The van der Waals surface area contributed by atoms with Crippen molar-refractivity contribution in [1.29, 1.82) is 0 Å². The molecule has 0 fully saturated rings. The van der Waals surface area contributed by atoms with Gasteiger partial charge in [0.25, 0.3) is 11.5 Å². The molecule has 0 saturated heterocycles. The second kappa shape index (κ2) is 7.48. The number of nitrogens with zero attached hydrogens (tertiary/aromatic N) is 2. The third-order valence-corrected chi connectivity index (χ3v) is 3.57. The Bertz CT molecular complexity index is 912. The number of furan rings is 1. The molecular weight excluding hydrogens is 322 g/mol. The number of aromatic nitrogens is 2. The fraction of sp³-hybridized carbons (Fsp3) is 0.167. The zero-order chi connectivity index (χ0) is 17.6. The summed E-state index contributed by atoms with van der Waals surface area (Å²) in [5.41, 5.74) is 0.716. The molecule has 25 heavy (non-hydrogen) atoms. The summed E-state index contributed by atoms with van der Waals surface area (Å²) < 4.78 is 12.0. The van der Waals surface area contributed by atoms with Gasteiger partial charge in [0.15, 0.2) is 5.76 Å². The van der Waals surface area contributed by atoms with E-state index >= 15 is 0 Å². The maximum atomic E-state index is 12.2. The maximum Gasteiger partial charge on any atom is 0.287 e. The average Bonchev–Trinajstić information content (AvgIpc) is 3.11. The molecule has 1 N–H and O–H groups in total. The normalized spacial score (nSPS) is 10.4. The van der Waals surface area contributed by atoms with Crippen LogP contribution in [-0.4, -0.2) is 22.6 Å². The van der Waals surface area contributed by atoms with E-state index < -0.39 is 0 Å². The van der Waals surface area contributed by atoms with Crippen LogP contribution in [0.15, 0.2) is 64.1 Å². The minimum Gasteiger partial charge on any atom is -0.481 e. The quantitative estimate of drug-likeness (QED) is 0.740. The van der Waals surface area contributed by atoms with Gasteiger partial charge in [0.05, 0.1) is 13.7 Å². The van der Waals surface area contributed by atoms with Crippen LogP contribution in [0.3, 0.4) is 0 Å². The Balaban J connectivity index is 1.60. The number of rotatable bonds is 6. The van der Waals surface area contributed by atoms with Crippen LogP contribution in [0, 0.1) is 0 Å². The van der Waals surface area contributed by atoms with Gasteiger partial charge < -0.3 is 19.0 Å². The number of hydrogen-bond acceptors (Lipinski definition) is 5. The van der Waals surface area contributed by atoms with Crippen molar-refractivity contribution < 1.29 is 13.9 Å². The third kappa shape index (κ3) is 4.14. The monoisotopic (exact) mass is 339 g/mol. The van der Waals surface area contributed by atoms with Crippen molar-refractivity contribution in [3.05, 3.63) is 82.3 Å². The molecule has 3 rings (SSSR count). The lowest BCUT2D eigenvalue weighted by Gasteiger charge is -2.04. The molecule has 3 aromatic heterocycles. The van der Waals surface area contributed by atoms with E-state index in [-0.39, 0.29) is 23.8 Å². The van der Waals surface area contributed by atoms with Gasteiger partial charge in [0.2, 0.25) is 5.88 Å². The predicted octanol–water partition coefficient (Wildman–Crippen LogP) is 1.82. The van der Waals surface area contributed by atoms with Gasteiger partial charge in [-0.1, -0.05) is 12.1 Å². The minimum atomic E-state index is -0.331. The number of ether oxygens (including phenoxy) is 1. The molecule has 3 heterocycles. The van der Waals surface area contributed by atoms with Crippen LogP contribution in [-0.2, 0) is 13.1 Å². The predicted molar refractivity (Wildman–Crippen MR) is 90.5 cm³/mol. The van der Waals surface area contributed by atoms with Gasteiger partial charge in [-0.25, -0.2) is 4.98 Å². The molecule has 0 aromatic carbocycles. The Morgan fingerprint density at radius 3 is 2.84 bits per heavy atom. The van der Waals surface area contributed by atoms with Crippen LogP contribution in [0.5, 0.6) is 5.88 Å². The Morgan fingerprint density at radius 2 is 2.12 bits per heavy atom. The highest BCUT2D eigenvalue weighted by Gasteiger charge is 2.11. The van der Waals surface area contributed by atoms with Crippen LogP contribution in [0.4, 0.5) is 0 Å². The first-order chi connectivity index (χ1) is 12.2. The largest absolute Gasteiger partial charge is 0.481 e. The van der Waals surface area contributed by atoms with Crippen molar-refractivity contribution in [3.8, 4) is 5.88 Å².